The largest absolute Gasteiger partial charge is 0.496 e. The Kier molecular flexibility index (Phi) is 10.4. The Morgan fingerprint density at radius 1 is 1.14 bits per heavy atom. The van der Waals surface area contributed by atoms with Gasteiger partial charge in [-0.25, -0.2) is 13.6 Å². The average molecular weight is 599 g/mol. The highest BCUT2D eigenvalue weighted by Gasteiger charge is 2.22. The molecule has 12 heteroatoms. The molecule has 43 heavy (non-hydrogen) atoms. The molecule has 1 fully saturated rings. The van der Waals surface area contributed by atoms with Gasteiger partial charge in [-0.1, -0.05) is 23.4 Å². The summed E-state index contributed by atoms with van der Waals surface area (Å²) in [5, 5.41) is 5.38. The monoisotopic (exact) mass is 598 g/mol. The van der Waals surface area contributed by atoms with Crippen molar-refractivity contribution in [3.8, 4) is 5.75 Å². The van der Waals surface area contributed by atoms with Crippen molar-refractivity contribution in [1.29, 1.82) is 0 Å². The molecule has 0 N–H and O–H groups in total. The smallest absolute Gasteiger partial charge is 0.354 e. The van der Waals surface area contributed by atoms with Crippen molar-refractivity contribution in [1.82, 2.24) is 9.24 Å². The number of methoxy groups -OCH3 is 1. The molecule has 1 aromatic heterocycles. The predicted octanol–water partition coefficient (Wildman–Crippen LogP) is 4.37. The second-order valence-corrected chi connectivity index (χ2v) is 10.4. The van der Waals surface area contributed by atoms with Gasteiger partial charge in [-0.05, 0) is 45.0 Å². The third kappa shape index (κ3) is 7.69. The van der Waals surface area contributed by atoms with Crippen molar-refractivity contribution in [3.63, 3.8) is 0 Å². The molecule has 1 saturated heterocycles. The number of oxime groups is 1. The number of nitrogens with zero attached hydrogens (tertiary/aromatic N) is 4. The fourth-order valence-electron chi connectivity index (χ4n) is 4.52. The lowest BCUT2D eigenvalue weighted by molar-refractivity contribution is 0.0139. The third-order valence-electron chi connectivity index (χ3n) is 6.73. The SMILES string of the molecule is COc1ccc(F)cc1/C(=C/n1cc(/C(C)=N/OC(C)C)c(=O)n(N(C)Cc2ccccc2F)c1=O)OC1CCOCC1. The molecular weight excluding hydrogens is 562 g/mol. The van der Waals surface area contributed by atoms with Gasteiger partial charge in [-0.3, -0.25) is 9.36 Å². The van der Waals surface area contributed by atoms with Crippen molar-refractivity contribution in [2.24, 2.45) is 5.16 Å². The molecule has 2 heterocycles. The van der Waals surface area contributed by atoms with E-state index in [4.69, 9.17) is 19.0 Å². The van der Waals surface area contributed by atoms with Crippen molar-refractivity contribution < 1.29 is 27.8 Å². The predicted molar refractivity (Wildman–Crippen MR) is 160 cm³/mol. The summed E-state index contributed by atoms with van der Waals surface area (Å²) in [6, 6.07) is 10.1. The molecule has 0 unspecified atom stereocenters. The van der Waals surface area contributed by atoms with Gasteiger partial charge in [-0.15, -0.1) is 0 Å². The molecule has 1 aliphatic heterocycles. The van der Waals surface area contributed by atoms with Gasteiger partial charge in [0.1, 0.15) is 35.4 Å². The Labute approximate surface area is 248 Å². The molecule has 0 amide bonds. The lowest BCUT2D eigenvalue weighted by atomic mass is 10.1. The number of benzene rings is 2. The third-order valence-corrected chi connectivity index (χ3v) is 6.73. The quantitative estimate of drug-likeness (QED) is 0.184. The highest BCUT2D eigenvalue weighted by molar-refractivity contribution is 5.97. The topological polar surface area (TPSA) is 96.5 Å². The lowest BCUT2D eigenvalue weighted by Crippen LogP contribution is -2.51. The molecule has 0 radical (unpaired) electrons. The highest BCUT2D eigenvalue weighted by Crippen LogP contribution is 2.31. The number of hydrogen-bond acceptors (Lipinski definition) is 8. The molecule has 4 rings (SSSR count). The van der Waals surface area contributed by atoms with E-state index in [1.54, 1.807) is 39.0 Å². The number of halogens is 2. The minimum Gasteiger partial charge on any atom is -0.496 e. The fourth-order valence-corrected chi connectivity index (χ4v) is 4.52. The van der Waals surface area contributed by atoms with Crippen LogP contribution in [0.25, 0.3) is 12.0 Å². The normalized spacial score (nSPS) is 14.6. The van der Waals surface area contributed by atoms with E-state index in [0.29, 0.717) is 31.8 Å². The molecular formula is C31H36F2N4O6. The van der Waals surface area contributed by atoms with Crippen LogP contribution in [0.5, 0.6) is 5.75 Å². The zero-order valence-electron chi connectivity index (χ0n) is 24.9. The fraction of sp³-hybridized carbons (Fsp3) is 0.387. The van der Waals surface area contributed by atoms with Crippen LogP contribution >= 0.6 is 0 Å². The Bertz CT molecular complexity index is 1610. The van der Waals surface area contributed by atoms with Crippen LogP contribution in [-0.4, -0.2) is 54.5 Å². The highest BCUT2D eigenvalue weighted by atomic mass is 19.1. The number of ether oxygens (including phenoxy) is 3. The maximum atomic E-state index is 14.5. The van der Waals surface area contributed by atoms with Crippen molar-refractivity contribution in [2.45, 2.75) is 52.4 Å². The molecule has 0 saturated carbocycles. The molecule has 3 aromatic rings. The van der Waals surface area contributed by atoms with Crippen LogP contribution in [0.1, 0.15) is 50.3 Å². The maximum Gasteiger partial charge on any atom is 0.354 e. The Morgan fingerprint density at radius 3 is 2.53 bits per heavy atom. The van der Waals surface area contributed by atoms with E-state index in [1.165, 1.54) is 55.8 Å². The zero-order valence-corrected chi connectivity index (χ0v) is 24.9. The first-order chi connectivity index (χ1) is 20.6. The Balaban J connectivity index is 1.93. The summed E-state index contributed by atoms with van der Waals surface area (Å²) in [5.74, 6) is -0.548. The summed E-state index contributed by atoms with van der Waals surface area (Å²) < 4.78 is 48.3. The van der Waals surface area contributed by atoms with Crippen LogP contribution in [0.2, 0.25) is 0 Å². The minimum atomic E-state index is -0.770. The van der Waals surface area contributed by atoms with E-state index in [1.807, 2.05) is 0 Å². The van der Waals surface area contributed by atoms with E-state index in [2.05, 4.69) is 5.16 Å². The van der Waals surface area contributed by atoms with Crippen LogP contribution in [0, 0.1) is 11.6 Å². The first-order valence-corrected chi connectivity index (χ1v) is 13.9. The number of rotatable bonds is 11. The van der Waals surface area contributed by atoms with Crippen LogP contribution < -0.4 is 21.0 Å². The van der Waals surface area contributed by atoms with Crippen molar-refractivity contribution in [2.75, 3.05) is 32.4 Å². The van der Waals surface area contributed by atoms with Crippen LogP contribution in [-0.2, 0) is 20.9 Å². The molecule has 1 aliphatic rings. The molecule has 0 atom stereocenters. The van der Waals surface area contributed by atoms with Crippen LogP contribution in [0.15, 0.2) is 63.4 Å². The van der Waals surface area contributed by atoms with Gasteiger partial charge in [0, 0.05) is 31.6 Å². The van der Waals surface area contributed by atoms with E-state index in [0.717, 1.165) is 9.24 Å². The number of aromatic nitrogens is 2. The Hall–Kier alpha value is -4.45. The molecule has 2 aromatic carbocycles. The van der Waals surface area contributed by atoms with Gasteiger partial charge in [0.05, 0.1) is 49.9 Å². The first kappa shape index (κ1) is 31.5. The van der Waals surface area contributed by atoms with E-state index in [9.17, 15) is 18.4 Å². The van der Waals surface area contributed by atoms with Gasteiger partial charge < -0.3 is 24.1 Å². The van der Waals surface area contributed by atoms with E-state index < -0.39 is 22.9 Å². The summed E-state index contributed by atoms with van der Waals surface area (Å²) in [6.07, 6.45) is 3.32. The van der Waals surface area contributed by atoms with Crippen molar-refractivity contribution >= 4 is 17.7 Å². The van der Waals surface area contributed by atoms with E-state index in [-0.39, 0.29) is 46.9 Å². The standard InChI is InChI=1S/C31H36F2N4O6/c1-20(2)43-34-21(3)26-18-36(31(39)37(30(26)38)35(4)17-22-8-6-7-9-27(22)33)19-29(42-24-12-14-41-15-13-24)25-16-23(32)10-11-28(25)40-5/h6-11,16,18-20,24H,12-15,17H2,1-5H3/b29-19-,34-21+. The molecule has 230 valence electrons. The van der Waals surface area contributed by atoms with Crippen LogP contribution in [0.4, 0.5) is 8.78 Å². The maximum absolute atomic E-state index is 14.5. The van der Waals surface area contributed by atoms with Crippen molar-refractivity contribution in [3.05, 3.63) is 97.8 Å². The van der Waals surface area contributed by atoms with Gasteiger partial charge in [0.25, 0.3) is 5.56 Å². The summed E-state index contributed by atoms with van der Waals surface area (Å²) in [6.45, 7) is 6.03. The average Bonchev–Trinajstić information content (AvgIpc) is 2.98. The summed E-state index contributed by atoms with van der Waals surface area (Å²) >= 11 is 0. The molecule has 10 nitrogen and oxygen atoms in total. The summed E-state index contributed by atoms with van der Waals surface area (Å²) in [4.78, 5) is 33.0. The van der Waals surface area contributed by atoms with Crippen LogP contribution in [0.3, 0.4) is 0 Å². The van der Waals surface area contributed by atoms with Gasteiger partial charge in [0.15, 0.2) is 0 Å². The zero-order chi connectivity index (χ0) is 31.1. The second-order valence-electron chi connectivity index (χ2n) is 10.4. The van der Waals surface area contributed by atoms with Gasteiger partial charge >= 0.3 is 5.69 Å². The van der Waals surface area contributed by atoms with Gasteiger partial charge in [0.2, 0.25) is 0 Å². The number of hydrogen-bond donors (Lipinski definition) is 0. The Morgan fingerprint density at radius 2 is 1.86 bits per heavy atom. The molecule has 0 spiro atoms. The summed E-state index contributed by atoms with van der Waals surface area (Å²) in [7, 11) is 2.94. The van der Waals surface area contributed by atoms with E-state index >= 15 is 0 Å². The minimum absolute atomic E-state index is 0.0495. The summed E-state index contributed by atoms with van der Waals surface area (Å²) in [5.41, 5.74) is -0.637. The second kappa shape index (κ2) is 14.1. The lowest BCUT2D eigenvalue weighted by Gasteiger charge is -2.26. The first-order valence-electron chi connectivity index (χ1n) is 13.9. The molecule has 0 bridgehead atoms. The molecule has 0 aliphatic carbocycles. The van der Waals surface area contributed by atoms with Gasteiger partial charge in [-0.2, -0.15) is 4.68 Å².